The molecule has 4 heteroatoms. The third kappa shape index (κ3) is 3.81. The summed E-state index contributed by atoms with van der Waals surface area (Å²) in [7, 11) is 0. The van der Waals surface area contributed by atoms with Crippen molar-refractivity contribution in [2.75, 3.05) is 6.61 Å². The summed E-state index contributed by atoms with van der Waals surface area (Å²) in [6.45, 7) is 2.59. The SMILES string of the molecule is CCOc1ccc(C(O)c2cc(Br)cc(Br)c2)cc1. The largest absolute Gasteiger partial charge is 0.494 e. The number of aliphatic hydroxyl groups is 1. The molecule has 0 spiro atoms. The minimum Gasteiger partial charge on any atom is -0.494 e. The Hall–Kier alpha value is -0.840. The maximum absolute atomic E-state index is 10.4. The third-order valence-corrected chi connectivity index (χ3v) is 3.62. The van der Waals surface area contributed by atoms with Crippen LogP contribution in [0.5, 0.6) is 5.75 Å². The molecule has 0 aliphatic carbocycles. The summed E-state index contributed by atoms with van der Waals surface area (Å²) in [6, 6.07) is 13.3. The summed E-state index contributed by atoms with van der Waals surface area (Å²) in [6.07, 6.45) is -0.649. The molecule has 0 bridgehead atoms. The maximum Gasteiger partial charge on any atom is 0.119 e. The third-order valence-electron chi connectivity index (χ3n) is 2.71. The second-order valence-electron chi connectivity index (χ2n) is 4.11. The predicted molar refractivity (Wildman–Crippen MR) is 83.5 cm³/mol. The van der Waals surface area contributed by atoms with Crippen LogP contribution in [0.3, 0.4) is 0 Å². The Morgan fingerprint density at radius 2 is 1.58 bits per heavy atom. The first-order valence-electron chi connectivity index (χ1n) is 5.97. The lowest BCUT2D eigenvalue weighted by molar-refractivity contribution is 0.220. The second kappa shape index (κ2) is 6.55. The molecule has 1 atom stereocenters. The van der Waals surface area contributed by atoms with Crippen LogP contribution in [-0.4, -0.2) is 11.7 Å². The van der Waals surface area contributed by atoms with Crippen LogP contribution in [-0.2, 0) is 0 Å². The molecular formula is C15H14Br2O2. The smallest absolute Gasteiger partial charge is 0.119 e. The standard InChI is InChI=1S/C15H14Br2O2/c1-2-19-14-5-3-10(4-6-14)15(18)11-7-12(16)9-13(17)8-11/h3-9,15,18H,2H2,1H3. The van der Waals surface area contributed by atoms with Gasteiger partial charge in [0.25, 0.3) is 0 Å². The molecule has 2 rings (SSSR count). The molecule has 0 aliphatic heterocycles. The molecule has 1 unspecified atom stereocenters. The van der Waals surface area contributed by atoms with Crippen molar-refractivity contribution in [2.45, 2.75) is 13.0 Å². The Balaban J connectivity index is 2.25. The zero-order chi connectivity index (χ0) is 13.8. The quantitative estimate of drug-likeness (QED) is 0.826. The van der Waals surface area contributed by atoms with Crippen LogP contribution < -0.4 is 4.74 Å². The molecule has 1 N–H and O–H groups in total. The van der Waals surface area contributed by atoms with E-state index in [0.29, 0.717) is 6.61 Å². The van der Waals surface area contributed by atoms with Crippen molar-refractivity contribution in [2.24, 2.45) is 0 Å². The lowest BCUT2D eigenvalue weighted by Crippen LogP contribution is -2.00. The van der Waals surface area contributed by atoms with Gasteiger partial charge < -0.3 is 9.84 Å². The molecule has 0 amide bonds. The summed E-state index contributed by atoms with van der Waals surface area (Å²) in [5, 5.41) is 10.4. The van der Waals surface area contributed by atoms with Crippen molar-refractivity contribution in [1.82, 2.24) is 0 Å². The Kier molecular flexibility index (Phi) is 5.02. The van der Waals surface area contributed by atoms with Crippen LogP contribution in [0.1, 0.15) is 24.2 Å². The van der Waals surface area contributed by atoms with Crippen LogP contribution in [0.2, 0.25) is 0 Å². The molecule has 0 fully saturated rings. The number of hydrogen-bond donors (Lipinski definition) is 1. The van der Waals surface area contributed by atoms with Gasteiger partial charge in [0.15, 0.2) is 0 Å². The number of hydrogen-bond acceptors (Lipinski definition) is 2. The summed E-state index contributed by atoms with van der Waals surface area (Å²) in [5.41, 5.74) is 1.68. The normalized spacial score (nSPS) is 12.2. The van der Waals surface area contributed by atoms with Crippen molar-refractivity contribution in [3.8, 4) is 5.75 Å². The second-order valence-corrected chi connectivity index (χ2v) is 5.94. The maximum atomic E-state index is 10.4. The Morgan fingerprint density at radius 3 is 2.11 bits per heavy atom. The molecule has 2 nitrogen and oxygen atoms in total. The summed E-state index contributed by atoms with van der Waals surface area (Å²) < 4.78 is 7.25. The van der Waals surface area contributed by atoms with Gasteiger partial charge in [0.2, 0.25) is 0 Å². The van der Waals surface area contributed by atoms with E-state index in [1.807, 2.05) is 49.4 Å². The number of ether oxygens (including phenoxy) is 1. The van der Waals surface area contributed by atoms with Gasteiger partial charge in [-0.2, -0.15) is 0 Å². The molecule has 100 valence electrons. The van der Waals surface area contributed by atoms with Crippen LogP contribution in [0, 0.1) is 0 Å². The molecular weight excluding hydrogens is 372 g/mol. The topological polar surface area (TPSA) is 29.5 Å². The molecule has 2 aromatic carbocycles. The summed E-state index contributed by atoms with van der Waals surface area (Å²) in [5.74, 6) is 0.814. The first-order chi connectivity index (χ1) is 9.10. The van der Waals surface area contributed by atoms with Gasteiger partial charge in [-0.25, -0.2) is 0 Å². The van der Waals surface area contributed by atoms with E-state index in [2.05, 4.69) is 31.9 Å². The van der Waals surface area contributed by atoms with E-state index in [9.17, 15) is 5.11 Å². The zero-order valence-electron chi connectivity index (χ0n) is 10.4. The van der Waals surface area contributed by atoms with E-state index in [1.54, 1.807) is 0 Å². The number of benzene rings is 2. The molecule has 0 saturated carbocycles. The molecule has 0 radical (unpaired) electrons. The highest BCUT2D eigenvalue weighted by Gasteiger charge is 2.11. The highest BCUT2D eigenvalue weighted by atomic mass is 79.9. The number of rotatable bonds is 4. The van der Waals surface area contributed by atoms with E-state index < -0.39 is 6.10 Å². The van der Waals surface area contributed by atoms with Crippen LogP contribution in [0.15, 0.2) is 51.4 Å². The first-order valence-corrected chi connectivity index (χ1v) is 7.55. The van der Waals surface area contributed by atoms with Crippen LogP contribution in [0.25, 0.3) is 0 Å². The van der Waals surface area contributed by atoms with Gasteiger partial charge in [0, 0.05) is 8.95 Å². The van der Waals surface area contributed by atoms with E-state index in [4.69, 9.17) is 4.74 Å². The monoisotopic (exact) mass is 384 g/mol. The highest BCUT2D eigenvalue weighted by Crippen LogP contribution is 2.29. The van der Waals surface area contributed by atoms with Crippen molar-refractivity contribution in [3.05, 3.63) is 62.5 Å². The number of aliphatic hydroxyl groups excluding tert-OH is 1. The van der Waals surface area contributed by atoms with E-state index in [1.165, 1.54) is 0 Å². The van der Waals surface area contributed by atoms with Gasteiger partial charge >= 0.3 is 0 Å². The van der Waals surface area contributed by atoms with E-state index in [0.717, 1.165) is 25.8 Å². The van der Waals surface area contributed by atoms with Gasteiger partial charge in [-0.1, -0.05) is 44.0 Å². The zero-order valence-corrected chi connectivity index (χ0v) is 13.6. The van der Waals surface area contributed by atoms with Crippen molar-refractivity contribution in [1.29, 1.82) is 0 Å². The van der Waals surface area contributed by atoms with E-state index in [-0.39, 0.29) is 0 Å². The van der Waals surface area contributed by atoms with E-state index >= 15 is 0 Å². The van der Waals surface area contributed by atoms with Gasteiger partial charge in [-0.3, -0.25) is 0 Å². The average molecular weight is 386 g/mol. The first kappa shape index (κ1) is 14.6. The van der Waals surface area contributed by atoms with Crippen LogP contribution >= 0.6 is 31.9 Å². The molecule has 19 heavy (non-hydrogen) atoms. The number of halogens is 2. The van der Waals surface area contributed by atoms with Gasteiger partial charge in [0.05, 0.1) is 6.61 Å². The Labute approximate surface area is 129 Å². The fourth-order valence-electron chi connectivity index (χ4n) is 1.84. The van der Waals surface area contributed by atoms with Gasteiger partial charge in [-0.05, 0) is 48.4 Å². The van der Waals surface area contributed by atoms with Crippen molar-refractivity contribution in [3.63, 3.8) is 0 Å². The Bertz CT molecular complexity index is 532. The van der Waals surface area contributed by atoms with Gasteiger partial charge in [-0.15, -0.1) is 0 Å². The van der Waals surface area contributed by atoms with Crippen molar-refractivity contribution < 1.29 is 9.84 Å². The average Bonchev–Trinajstić information content (AvgIpc) is 2.38. The fourth-order valence-corrected chi connectivity index (χ4v) is 3.17. The van der Waals surface area contributed by atoms with Gasteiger partial charge in [0.1, 0.15) is 11.9 Å². The minimum atomic E-state index is -0.649. The minimum absolute atomic E-state index is 0.639. The van der Waals surface area contributed by atoms with Crippen molar-refractivity contribution >= 4 is 31.9 Å². The fraction of sp³-hybridized carbons (Fsp3) is 0.200. The summed E-state index contributed by atoms with van der Waals surface area (Å²) >= 11 is 6.85. The predicted octanol–water partition coefficient (Wildman–Crippen LogP) is 4.69. The highest BCUT2D eigenvalue weighted by molar-refractivity contribution is 9.11. The molecule has 0 heterocycles. The summed E-state index contributed by atoms with van der Waals surface area (Å²) in [4.78, 5) is 0. The molecule has 2 aromatic rings. The molecule has 0 aromatic heterocycles. The molecule has 0 saturated heterocycles. The lowest BCUT2D eigenvalue weighted by atomic mass is 10.0. The lowest BCUT2D eigenvalue weighted by Gasteiger charge is -2.13. The Morgan fingerprint density at radius 1 is 1.00 bits per heavy atom. The molecule has 0 aliphatic rings. The van der Waals surface area contributed by atoms with Crippen LogP contribution in [0.4, 0.5) is 0 Å².